The fourth-order valence-corrected chi connectivity index (χ4v) is 3.10. The molecule has 0 amide bonds. The van der Waals surface area contributed by atoms with Crippen LogP contribution < -0.4 is 5.32 Å². The average molecular weight is 308 g/mol. The molecule has 0 spiro atoms. The van der Waals surface area contributed by atoms with Crippen LogP contribution in [-0.2, 0) is 0 Å². The number of hydrogen-bond donors (Lipinski definition) is 1. The number of hydrogen-bond acceptors (Lipinski definition) is 3. The molecule has 0 saturated heterocycles. The summed E-state index contributed by atoms with van der Waals surface area (Å²) in [5.41, 5.74) is 3.49. The van der Waals surface area contributed by atoms with Crippen LogP contribution in [0.15, 0.2) is 54.9 Å². The molecule has 0 fully saturated rings. The van der Waals surface area contributed by atoms with Gasteiger partial charge in [-0.3, -0.25) is 0 Å². The molecule has 2 atom stereocenters. The Labute approximate surface area is 134 Å². The van der Waals surface area contributed by atoms with Crippen LogP contribution in [0.4, 0.5) is 10.3 Å². The van der Waals surface area contributed by atoms with E-state index < -0.39 is 0 Å². The normalized spacial score (nSPS) is 19.9. The van der Waals surface area contributed by atoms with Crippen LogP contribution in [0.5, 0.6) is 0 Å². The largest absolute Gasteiger partial charge is 0.348 e. The molecule has 0 saturated carbocycles. The number of rotatable bonds is 2. The van der Waals surface area contributed by atoms with Gasteiger partial charge in [0.2, 0.25) is 5.95 Å². The second kappa shape index (κ2) is 5.50. The van der Waals surface area contributed by atoms with Crippen molar-refractivity contribution >= 4 is 5.95 Å². The average Bonchev–Trinajstić information content (AvgIpc) is 3.04. The predicted molar refractivity (Wildman–Crippen MR) is 86.7 cm³/mol. The van der Waals surface area contributed by atoms with Crippen LogP contribution >= 0.6 is 0 Å². The number of aromatic nitrogens is 3. The van der Waals surface area contributed by atoms with Gasteiger partial charge in [0.25, 0.3) is 0 Å². The van der Waals surface area contributed by atoms with E-state index in [4.69, 9.17) is 0 Å². The Bertz CT molecular complexity index is 808. The van der Waals surface area contributed by atoms with Gasteiger partial charge in [0, 0.05) is 0 Å². The molecule has 4 rings (SSSR count). The van der Waals surface area contributed by atoms with E-state index in [0.29, 0.717) is 0 Å². The van der Waals surface area contributed by atoms with Crippen LogP contribution in [0.2, 0.25) is 0 Å². The fourth-order valence-electron chi connectivity index (χ4n) is 3.10. The highest BCUT2D eigenvalue weighted by molar-refractivity contribution is 5.38. The third kappa shape index (κ3) is 2.59. The summed E-state index contributed by atoms with van der Waals surface area (Å²) >= 11 is 0. The first-order valence-electron chi connectivity index (χ1n) is 7.69. The molecule has 23 heavy (non-hydrogen) atoms. The van der Waals surface area contributed by atoms with Gasteiger partial charge in [0.1, 0.15) is 12.1 Å². The van der Waals surface area contributed by atoms with Crippen molar-refractivity contribution in [1.29, 1.82) is 0 Å². The zero-order chi connectivity index (χ0) is 15.8. The highest BCUT2D eigenvalue weighted by Crippen LogP contribution is 2.37. The van der Waals surface area contributed by atoms with E-state index in [2.05, 4.69) is 46.6 Å². The first-order valence-corrected chi connectivity index (χ1v) is 7.69. The van der Waals surface area contributed by atoms with Gasteiger partial charge in [-0.05, 0) is 36.6 Å². The van der Waals surface area contributed by atoms with E-state index in [9.17, 15) is 4.39 Å². The fraction of sp³-hybridized carbons (Fsp3) is 0.222. The molecule has 116 valence electrons. The number of aryl methyl sites for hydroxylation is 1. The van der Waals surface area contributed by atoms with Crippen LogP contribution in [0.3, 0.4) is 0 Å². The topological polar surface area (TPSA) is 42.7 Å². The number of nitrogens with one attached hydrogen (secondary N) is 1. The molecule has 1 N–H and O–H groups in total. The molecule has 0 radical (unpaired) electrons. The summed E-state index contributed by atoms with van der Waals surface area (Å²) in [5.74, 6) is 0.527. The van der Waals surface area contributed by atoms with Crippen LogP contribution in [-0.4, -0.2) is 14.8 Å². The van der Waals surface area contributed by atoms with E-state index in [-0.39, 0.29) is 17.9 Å². The van der Waals surface area contributed by atoms with Gasteiger partial charge >= 0.3 is 0 Å². The Kier molecular flexibility index (Phi) is 3.33. The lowest BCUT2D eigenvalue weighted by Gasteiger charge is -2.31. The van der Waals surface area contributed by atoms with Gasteiger partial charge in [-0.25, -0.2) is 9.07 Å². The van der Waals surface area contributed by atoms with E-state index in [1.165, 1.54) is 23.3 Å². The molecule has 0 aliphatic carbocycles. The summed E-state index contributed by atoms with van der Waals surface area (Å²) in [6, 6.07) is 15.3. The SMILES string of the molecule is Cc1ccc([C@H]2C[C@@H](c3ccc(F)cc3)Nc3ncnn32)cc1. The standard InChI is InChI=1S/C18H17FN4/c1-12-2-4-14(5-3-12)17-10-16(13-6-8-15(19)9-7-13)22-18-20-11-21-23(17)18/h2-9,11,16-17H,10H2,1H3,(H,20,21,22)/t16-,17+/m0/s1. The summed E-state index contributed by atoms with van der Waals surface area (Å²) in [6.45, 7) is 2.08. The maximum absolute atomic E-state index is 13.2. The van der Waals surface area contributed by atoms with E-state index in [0.717, 1.165) is 17.9 Å². The molecule has 2 heterocycles. The zero-order valence-corrected chi connectivity index (χ0v) is 12.8. The van der Waals surface area contributed by atoms with Crippen LogP contribution in [0.1, 0.15) is 35.2 Å². The highest BCUT2D eigenvalue weighted by atomic mass is 19.1. The second-order valence-corrected chi connectivity index (χ2v) is 5.94. The minimum Gasteiger partial charge on any atom is -0.348 e. The quantitative estimate of drug-likeness (QED) is 0.781. The Morgan fingerprint density at radius 1 is 1.04 bits per heavy atom. The summed E-state index contributed by atoms with van der Waals surface area (Å²) in [7, 11) is 0. The van der Waals surface area contributed by atoms with E-state index in [1.54, 1.807) is 6.33 Å². The van der Waals surface area contributed by atoms with Crippen molar-refractivity contribution in [2.24, 2.45) is 0 Å². The van der Waals surface area contributed by atoms with Crippen molar-refractivity contribution in [3.8, 4) is 0 Å². The van der Waals surface area contributed by atoms with Crippen LogP contribution in [0.25, 0.3) is 0 Å². The van der Waals surface area contributed by atoms with Gasteiger partial charge in [0.05, 0.1) is 12.1 Å². The van der Waals surface area contributed by atoms with Crippen LogP contribution in [0, 0.1) is 12.7 Å². The monoisotopic (exact) mass is 308 g/mol. The minimum atomic E-state index is -0.220. The summed E-state index contributed by atoms with van der Waals surface area (Å²) in [5, 5.41) is 7.75. The van der Waals surface area contributed by atoms with Gasteiger partial charge in [0.15, 0.2) is 0 Å². The third-order valence-electron chi connectivity index (χ3n) is 4.37. The van der Waals surface area contributed by atoms with Crippen molar-refractivity contribution in [1.82, 2.24) is 14.8 Å². The Morgan fingerprint density at radius 3 is 2.48 bits per heavy atom. The Hall–Kier alpha value is -2.69. The Morgan fingerprint density at radius 2 is 1.74 bits per heavy atom. The molecule has 4 nitrogen and oxygen atoms in total. The maximum Gasteiger partial charge on any atom is 0.222 e. The molecular formula is C18H17FN4. The van der Waals surface area contributed by atoms with Gasteiger partial charge in [-0.2, -0.15) is 10.1 Å². The molecule has 1 aromatic heterocycles. The number of anilines is 1. The molecule has 5 heteroatoms. The zero-order valence-electron chi connectivity index (χ0n) is 12.8. The van der Waals surface area contributed by atoms with Gasteiger partial charge < -0.3 is 5.32 Å². The van der Waals surface area contributed by atoms with Gasteiger partial charge in [-0.15, -0.1) is 0 Å². The second-order valence-electron chi connectivity index (χ2n) is 5.94. The van der Waals surface area contributed by atoms with Gasteiger partial charge in [-0.1, -0.05) is 42.0 Å². The van der Waals surface area contributed by atoms with E-state index >= 15 is 0 Å². The predicted octanol–water partition coefficient (Wildman–Crippen LogP) is 3.87. The molecule has 1 aliphatic heterocycles. The lowest BCUT2D eigenvalue weighted by Crippen LogP contribution is -2.28. The molecule has 1 aliphatic rings. The van der Waals surface area contributed by atoms with Crippen molar-refractivity contribution in [2.75, 3.05) is 5.32 Å². The summed E-state index contributed by atoms with van der Waals surface area (Å²) < 4.78 is 15.1. The first-order chi connectivity index (χ1) is 11.2. The smallest absolute Gasteiger partial charge is 0.222 e. The minimum absolute atomic E-state index is 0.0820. The third-order valence-corrected chi connectivity index (χ3v) is 4.37. The van der Waals surface area contributed by atoms with Crippen molar-refractivity contribution < 1.29 is 4.39 Å². The molecule has 0 unspecified atom stereocenters. The molecular weight excluding hydrogens is 291 g/mol. The molecule has 3 aromatic rings. The summed E-state index contributed by atoms with van der Waals surface area (Å²) in [4.78, 5) is 4.31. The van der Waals surface area contributed by atoms with Crippen molar-refractivity contribution in [3.63, 3.8) is 0 Å². The summed E-state index contributed by atoms with van der Waals surface area (Å²) in [6.07, 6.45) is 2.40. The number of benzene rings is 2. The van der Waals surface area contributed by atoms with Crippen molar-refractivity contribution in [3.05, 3.63) is 77.4 Å². The highest BCUT2D eigenvalue weighted by Gasteiger charge is 2.29. The Balaban J connectivity index is 1.71. The lowest BCUT2D eigenvalue weighted by molar-refractivity contribution is 0.430. The number of halogens is 1. The first kappa shape index (κ1) is 13.9. The van der Waals surface area contributed by atoms with E-state index in [1.807, 2.05) is 16.8 Å². The lowest BCUT2D eigenvalue weighted by atomic mass is 9.93. The van der Waals surface area contributed by atoms with Crippen molar-refractivity contribution in [2.45, 2.75) is 25.4 Å². The maximum atomic E-state index is 13.2. The number of fused-ring (bicyclic) bond motifs is 1. The molecule has 2 aromatic carbocycles. The number of nitrogens with zero attached hydrogens (tertiary/aromatic N) is 3. The molecule has 0 bridgehead atoms.